The molecule has 1 aromatic rings. The van der Waals surface area contributed by atoms with Gasteiger partial charge in [-0.05, 0) is 6.42 Å². The van der Waals surface area contributed by atoms with Crippen LogP contribution in [0.25, 0.3) is 0 Å². The van der Waals surface area contributed by atoms with E-state index in [4.69, 9.17) is 5.73 Å². The molecule has 0 radical (unpaired) electrons. The van der Waals surface area contributed by atoms with Crippen LogP contribution in [0.1, 0.15) is 16.1 Å². The summed E-state index contributed by atoms with van der Waals surface area (Å²) >= 11 is 1.14. The Hall–Kier alpha value is -1.35. The summed E-state index contributed by atoms with van der Waals surface area (Å²) in [6.07, 6.45) is 0.450. The number of hydrogen-bond acceptors (Lipinski definition) is 7. The Balaban J connectivity index is 2.06. The van der Waals surface area contributed by atoms with E-state index in [1.165, 1.54) is 0 Å². The zero-order valence-electron chi connectivity index (χ0n) is 9.76. The number of anilines is 2. The Bertz CT molecular complexity index is 566. The lowest BCUT2D eigenvalue weighted by atomic mass is 10.2. The molecular formula is C9H14N4O3S2. The number of rotatable bonds is 3. The second kappa shape index (κ2) is 4.73. The molecule has 7 nitrogen and oxygen atoms in total. The molecule has 1 aliphatic heterocycles. The van der Waals surface area contributed by atoms with Gasteiger partial charge >= 0.3 is 0 Å². The number of sulfone groups is 1. The van der Waals surface area contributed by atoms with Crippen molar-refractivity contribution in [3.8, 4) is 0 Å². The third-order valence-corrected chi connectivity index (χ3v) is 5.50. The van der Waals surface area contributed by atoms with E-state index in [0.717, 1.165) is 11.3 Å². The second-order valence-corrected chi connectivity index (χ2v) is 7.28. The molecule has 2 rings (SSSR count). The molecule has 0 saturated carbocycles. The topological polar surface area (TPSA) is 114 Å². The number of hydrogen-bond donors (Lipinski definition) is 3. The maximum Gasteiger partial charge on any atom is 0.265 e. The molecule has 1 atom stereocenters. The van der Waals surface area contributed by atoms with Gasteiger partial charge in [0.05, 0.1) is 11.5 Å². The number of nitrogens with two attached hydrogens (primary N) is 1. The summed E-state index contributed by atoms with van der Waals surface area (Å²) in [6, 6.07) is -0.331. The number of aromatic nitrogens is 1. The molecule has 1 fully saturated rings. The Morgan fingerprint density at radius 1 is 1.56 bits per heavy atom. The van der Waals surface area contributed by atoms with Crippen molar-refractivity contribution < 1.29 is 13.2 Å². The van der Waals surface area contributed by atoms with Crippen molar-refractivity contribution in [3.63, 3.8) is 0 Å². The van der Waals surface area contributed by atoms with Crippen LogP contribution in [-0.4, -0.2) is 43.9 Å². The molecule has 1 aliphatic rings. The van der Waals surface area contributed by atoms with E-state index >= 15 is 0 Å². The largest absolute Gasteiger partial charge is 0.382 e. The van der Waals surface area contributed by atoms with Crippen LogP contribution in [0, 0.1) is 0 Å². The fourth-order valence-corrected chi connectivity index (χ4v) is 4.18. The van der Waals surface area contributed by atoms with Crippen LogP contribution in [0.2, 0.25) is 0 Å². The monoisotopic (exact) mass is 290 g/mol. The highest BCUT2D eigenvalue weighted by atomic mass is 32.2. The summed E-state index contributed by atoms with van der Waals surface area (Å²) in [4.78, 5) is 16.2. The molecule has 0 spiro atoms. The molecule has 4 N–H and O–H groups in total. The van der Waals surface area contributed by atoms with Gasteiger partial charge in [0.2, 0.25) is 0 Å². The van der Waals surface area contributed by atoms with Crippen LogP contribution in [0.15, 0.2) is 0 Å². The smallest absolute Gasteiger partial charge is 0.265 e. The zero-order chi connectivity index (χ0) is 13.3. The Morgan fingerprint density at radius 2 is 2.28 bits per heavy atom. The van der Waals surface area contributed by atoms with Gasteiger partial charge in [-0.2, -0.15) is 0 Å². The molecule has 100 valence electrons. The first-order valence-corrected chi connectivity index (χ1v) is 8.00. The van der Waals surface area contributed by atoms with Crippen molar-refractivity contribution >= 4 is 38.0 Å². The van der Waals surface area contributed by atoms with Gasteiger partial charge in [-0.15, -0.1) is 0 Å². The maximum absolute atomic E-state index is 11.9. The number of nitrogens with zero attached hydrogens (tertiary/aromatic N) is 1. The first-order chi connectivity index (χ1) is 8.41. The van der Waals surface area contributed by atoms with E-state index in [-0.39, 0.29) is 29.3 Å². The molecule has 1 unspecified atom stereocenters. The van der Waals surface area contributed by atoms with E-state index in [9.17, 15) is 13.2 Å². The number of nitrogens with one attached hydrogen (secondary N) is 2. The summed E-state index contributed by atoms with van der Waals surface area (Å²) in [5.41, 5.74) is 5.63. The first-order valence-electron chi connectivity index (χ1n) is 5.36. The normalized spacial score (nSPS) is 21.7. The Labute approximate surface area is 109 Å². The lowest BCUT2D eigenvalue weighted by Crippen LogP contribution is -2.35. The molecule has 0 aliphatic carbocycles. The number of amides is 1. The van der Waals surface area contributed by atoms with Crippen LogP contribution in [0.3, 0.4) is 0 Å². The summed E-state index contributed by atoms with van der Waals surface area (Å²) in [5.74, 6) is -0.0925. The number of nitrogen functional groups attached to an aromatic ring is 1. The highest BCUT2D eigenvalue weighted by Gasteiger charge is 2.30. The molecule has 0 aromatic carbocycles. The molecule has 1 amide bonds. The maximum atomic E-state index is 11.9. The van der Waals surface area contributed by atoms with Crippen LogP contribution in [0.5, 0.6) is 0 Å². The second-order valence-electron chi connectivity index (χ2n) is 4.06. The van der Waals surface area contributed by atoms with Crippen molar-refractivity contribution in [3.05, 3.63) is 4.88 Å². The summed E-state index contributed by atoms with van der Waals surface area (Å²) in [7, 11) is -1.32. The molecule has 2 heterocycles. The van der Waals surface area contributed by atoms with Gasteiger partial charge in [0.25, 0.3) is 5.91 Å². The van der Waals surface area contributed by atoms with Crippen molar-refractivity contribution in [2.45, 2.75) is 12.5 Å². The van der Waals surface area contributed by atoms with Crippen molar-refractivity contribution in [2.24, 2.45) is 0 Å². The van der Waals surface area contributed by atoms with Gasteiger partial charge in [0.1, 0.15) is 10.7 Å². The summed E-state index contributed by atoms with van der Waals surface area (Å²) < 4.78 is 22.6. The zero-order valence-corrected chi connectivity index (χ0v) is 11.4. The Kier molecular flexibility index (Phi) is 3.44. The number of carbonyl (C=O) groups excluding carboxylic acids is 1. The minimum absolute atomic E-state index is 0.00364. The lowest BCUT2D eigenvalue weighted by Gasteiger charge is -2.09. The predicted molar refractivity (Wildman–Crippen MR) is 70.6 cm³/mol. The minimum atomic E-state index is -3.00. The molecule has 9 heteroatoms. The molecule has 1 saturated heterocycles. The number of thiazole rings is 1. The van der Waals surface area contributed by atoms with Crippen LogP contribution < -0.4 is 16.4 Å². The van der Waals surface area contributed by atoms with Crippen molar-refractivity contribution in [1.82, 2.24) is 10.3 Å². The average Bonchev–Trinajstić information content (AvgIpc) is 2.81. The number of carbonyl (C=O) groups is 1. The third kappa shape index (κ3) is 2.72. The summed E-state index contributed by atoms with van der Waals surface area (Å²) in [5, 5.41) is 6.03. The van der Waals surface area contributed by atoms with Gasteiger partial charge in [0, 0.05) is 13.1 Å². The molecular weight excluding hydrogens is 276 g/mol. The van der Waals surface area contributed by atoms with E-state index in [1.54, 1.807) is 7.05 Å². The van der Waals surface area contributed by atoms with E-state index in [1.807, 2.05) is 0 Å². The third-order valence-electron chi connectivity index (χ3n) is 2.64. The standard InChI is InChI=1S/C9H14N4O3S2/c1-11-9-13-7(10)6(17-9)8(14)12-5-2-3-18(15,16)4-5/h5H,2-4,10H2,1H3,(H,11,13)(H,12,14). The van der Waals surface area contributed by atoms with Gasteiger partial charge in [-0.25, -0.2) is 13.4 Å². The van der Waals surface area contributed by atoms with Crippen molar-refractivity contribution in [1.29, 1.82) is 0 Å². The van der Waals surface area contributed by atoms with Gasteiger partial charge in [0.15, 0.2) is 15.0 Å². The fourth-order valence-electron chi connectivity index (χ4n) is 1.76. The quantitative estimate of drug-likeness (QED) is 0.703. The van der Waals surface area contributed by atoms with Crippen LogP contribution in [0.4, 0.5) is 10.9 Å². The highest BCUT2D eigenvalue weighted by Crippen LogP contribution is 2.24. The van der Waals surface area contributed by atoms with Gasteiger partial charge < -0.3 is 16.4 Å². The molecule has 18 heavy (non-hydrogen) atoms. The molecule has 0 bridgehead atoms. The van der Waals surface area contributed by atoms with Crippen LogP contribution >= 0.6 is 11.3 Å². The highest BCUT2D eigenvalue weighted by molar-refractivity contribution is 7.91. The van der Waals surface area contributed by atoms with E-state index in [0.29, 0.717) is 16.4 Å². The first kappa shape index (κ1) is 13.1. The van der Waals surface area contributed by atoms with Crippen molar-refractivity contribution in [2.75, 3.05) is 29.6 Å². The summed E-state index contributed by atoms with van der Waals surface area (Å²) in [6.45, 7) is 0. The SMILES string of the molecule is CNc1nc(N)c(C(=O)NC2CCS(=O)(=O)C2)s1. The average molecular weight is 290 g/mol. The van der Waals surface area contributed by atoms with E-state index in [2.05, 4.69) is 15.6 Å². The van der Waals surface area contributed by atoms with Gasteiger partial charge in [-0.1, -0.05) is 11.3 Å². The van der Waals surface area contributed by atoms with E-state index < -0.39 is 9.84 Å². The molecule has 1 aromatic heterocycles. The Morgan fingerprint density at radius 3 is 2.78 bits per heavy atom. The van der Waals surface area contributed by atoms with Crippen LogP contribution in [-0.2, 0) is 9.84 Å². The fraction of sp³-hybridized carbons (Fsp3) is 0.556. The predicted octanol–water partition coefficient (Wildman–Crippen LogP) is -0.316. The minimum Gasteiger partial charge on any atom is -0.382 e. The lowest BCUT2D eigenvalue weighted by molar-refractivity contribution is 0.0946. The van der Waals surface area contributed by atoms with Gasteiger partial charge in [-0.3, -0.25) is 4.79 Å².